The zero-order valence-electron chi connectivity index (χ0n) is 11.4. The van der Waals surface area contributed by atoms with Crippen LogP contribution in [0.1, 0.15) is 17.4 Å². The first-order chi connectivity index (χ1) is 10.2. The molecular formula is C15H14N2O4. The Labute approximate surface area is 121 Å². The molecule has 1 fully saturated rings. The highest BCUT2D eigenvalue weighted by Crippen LogP contribution is 2.35. The van der Waals surface area contributed by atoms with Crippen molar-refractivity contribution in [3.63, 3.8) is 0 Å². The number of rotatable bonds is 4. The number of nitrogens with one attached hydrogen (secondary N) is 1. The number of para-hydroxylation sites is 1. The Morgan fingerprint density at radius 1 is 1.24 bits per heavy atom. The second kappa shape index (κ2) is 5.32. The van der Waals surface area contributed by atoms with Gasteiger partial charge < -0.3 is 14.5 Å². The topological polar surface area (TPSA) is 71.8 Å². The Balaban J connectivity index is 2.13. The van der Waals surface area contributed by atoms with Gasteiger partial charge >= 0.3 is 6.03 Å². The van der Waals surface area contributed by atoms with Crippen molar-refractivity contribution in [1.29, 1.82) is 0 Å². The summed E-state index contributed by atoms with van der Waals surface area (Å²) >= 11 is 0. The second-order valence-corrected chi connectivity index (χ2v) is 4.58. The smallest absolute Gasteiger partial charge is 0.325 e. The van der Waals surface area contributed by atoms with Crippen LogP contribution in [-0.4, -0.2) is 30.5 Å². The average Bonchev–Trinajstić information content (AvgIpc) is 3.13. The lowest BCUT2D eigenvalue weighted by molar-refractivity contribution is -0.126. The number of imide groups is 1. The maximum atomic E-state index is 12.1. The van der Waals surface area contributed by atoms with Gasteiger partial charge in [-0.1, -0.05) is 18.2 Å². The van der Waals surface area contributed by atoms with Gasteiger partial charge in [0.1, 0.15) is 17.6 Å². The number of carbonyl (C=O) groups is 2. The molecule has 3 rings (SSSR count). The molecule has 6 heteroatoms. The van der Waals surface area contributed by atoms with Gasteiger partial charge in [-0.25, -0.2) is 9.69 Å². The van der Waals surface area contributed by atoms with Gasteiger partial charge in [-0.15, -0.1) is 0 Å². The molecule has 0 spiro atoms. The predicted octanol–water partition coefficient (Wildman–Crippen LogP) is 1.93. The van der Waals surface area contributed by atoms with E-state index in [0.29, 0.717) is 17.1 Å². The van der Waals surface area contributed by atoms with Crippen molar-refractivity contribution < 1.29 is 18.7 Å². The lowest BCUT2D eigenvalue weighted by Gasteiger charge is -2.25. The number of furan rings is 1. The molecule has 6 nitrogen and oxygen atoms in total. The number of amides is 3. The molecule has 1 aromatic carbocycles. The third kappa shape index (κ3) is 2.24. The van der Waals surface area contributed by atoms with Gasteiger partial charge in [0.15, 0.2) is 0 Å². The van der Waals surface area contributed by atoms with Crippen LogP contribution in [0.4, 0.5) is 4.79 Å². The fourth-order valence-electron chi connectivity index (χ4n) is 2.45. The van der Waals surface area contributed by atoms with Crippen molar-refractivity contribution in [3.8, 4) is 5.75 Å². The van der Waals surface area contributed by atoms with Crippen LogP contribution in [0.15, 0.2) is 47.1 Å². The minimum absolute atomic E-state index is 0.00874. The number of hydrogen-bond donors (Lipinski definition) is 1. The number of benzene rings is 1. The summed E-state index contributed by atoms with van der Waals surface area (Å²) < 4.78 is 10.8. The van der Waals surface area contributed by atoms with Crippen molar-refractivity contribution in [3.05, 3.63) is 54.0 Å². The number of urea groups is 1. The van der Waals surface area contributed by atoms with Crippen molar-refractivity contribution in [2.75, 3.05) is 13.7 Å². The fourth-order valence-corrected chi connectivity index (χ4v) is 2.45. The first-order valence-electron chi connectivity index (χ1n) is 6.48. The molecule has 1 aliphatic heterocycles. The molecule has 1 atom stereocenters. The summed E-state index contributed by atoms with van der Waals surface area (Å²) in [6.07, 6.45) is 1.51. The summed E-state index contributed by atoms with van der Waals surface area (Å²) in [7, 11) is 1.55. The summed E-state index contributed by atoms with van der Waals surface area (Å²) in [5.41, 5.74) is 0.695. The van der Waals surface area contributed by atoms with Crippen LogP contribution in [0.3, 0.4) is 0 Å². The number of methoxy groups -OCH3 is 1. The molecule has 0 bridgehead atoms. The first kappa shape index (κ1) is 13.2. The van der Waals surface area contributed by atoms with Crippen LogP contribution in [0.25, 0.3) is 0 Å². The molecule has 0 aliphatic carbocycles. The molecule has 21 heavy (non-hydrogen) atoms. The van der Waals surface area contributed by atoms with Crippen LogP contribution >= 0.6 is 0 Å². The van der Waals surface area contributed by atoms with Crippen LogP contribution in [0, 0.1) is 0 Å². The molecule has 2 heterocycles. The number of carbonyl (C=O) groups excluding carboxylic acids is 2. The summed E-state index contributed by atoms with van der Waals surface area (Å²) in [5.74, 6) is 0.795. The average molecular weight is 286 g/mol. The Hall–Kier alpha value is -2.76. The largest absolute Gasteiger partial charge is 0.496 e. The minimum Gasteiger partial charge on any atom is -0.496 e. The van der Waals surface area contributed by atoms with E-state index in [1.807, 2.05) is 18.2 Å². The number of hydrogen-bond acceptors (Lipinski definition) is 4. The maximum Gasteiger partial charge on any atom is 0.325 e. The van der Waals surface area contributed by atoms with Gasteiger partial charge in [-0.3, -0.25) is 4.79 Å². The normalized spacial score (nSPS) is 16.0. The van der Waals surface area contributed by atoms with Gasteiger partial charge in [0.25, 0.3) is 5.91 Å². The molecule has 1 saturated heterocycles. The van der Waals surface area contributed by atoms with Crippen LogP contribution in [0.2, 0.25) is 0 Å². The Morgan fingerprint density at radius 3 is 2.67 bits per heavy atom. The van der Waals surface area contributed by atoms with Crippen molar-refractivity contribution in [1.82, 2.24) is 10.2 Å². The molecule has 2 aromatic rings. The third-order valence-corrected chi connectivity index (χ3v) is 3.38. The predicted molar refractivity (Wildman–Crippen MR) is 73.8 cm³/mol. The summed E-state index contributed by atoms with van der Waals surface area (Å²) in [5, 5.41) is 2.52. The summed E-state index contributed by atoms with van der Waals surface area (Å²) in [6.45, 7) is -0.00874. The molecular weight excluding hydrogens is 272 g/mol. The highest BCUT2D eigenvalue weighted by molar-refractivity contribution is 6.02. The van der Waals surface area contributed by atoms with E-state index in [1.165, 1.54) is 6.26 Å². The molecule has 1 aliphatic rings. The zero-order valence-corrected chi connectivity index (χ0v) is 11.4. The Bertz CT molecular complexity index is 650. The molecule has 0 saturated carbocycles. The molecule has 1 N–H and O–H groups in total. The van der Waals surface area contributed by atoms with Crippen LogP contribution in [0.5, 0.6) is 5.75 Å². The Morgan fingerprint density at radius 2 is 2.05 bits per heavy atom. The van der Waals surface area contributed by atoms with Crippen LogP contribution in [-0.2, 0) is 4.79 Å². The molecule has 108 valence electrons. The lowest BCUT2D eigenvalue weighted by Crippen LogP contribution is -2.35. The van der Waals surface area contributed by atoms with E-state index in [-0.39, 0.29) is 12.5 Å². The number of ether oxygens (including phenoxy) is 1. The summed E-state index contributed by atoms with van der Waals surface area (Å²) in [4.78, 5) is 25.2. The standard InChI is InChI=1S/C15H14N2O4/c1-20-11-6-3-2-5-10(11)14(12-7-4-8-21-12)17-13(18)9-16-15(17)19/h2-8,14H,9H2,1H3,(H,16,19). The van der Waals surface area contributed by atoms with E-state index in [4.69, 9.17) is 9.15 Å². The van der Waals surface area contributed by atoms with Crippen molar-refractivity contribution in [2.45, 2.75) is 6.04 Å². The van der Waals surface area contributed by atoms with Crippen LogP contribution < -0.4 is 10.1 Å². The molecule has 0 radical (unpaired) electrons. The van der Waals surface area contributed by atoms with Gasteiger partial charge in [-0.2, -0.15) is 0 Å². The van der Waals surface area contributed by atoms with Crippen molar-refractivity contribution >= 4 is 11.9 Å². The third-order valence-electron chi connectivity index (χ3n) is 3.38. The van der Waals surface area contributed by atoms with E-state index >= 15 is 0 Å². The SMILES string of the molecule is COc1ccccc1C(c1ccco1)N1C(=O)CNC1=O. The van der Waals surface area contributed by atoms with Gasteiger partial charge in [0.05, 0.1) is 19.9 Å². The first-order valence-corrected chi connectivity index (χ1v) is 6.48. The van der Waals surface area contributed by atoms with E-state index in [1.54, 1.807) is 25.3 Å². The molecule has 3 amide bonds. The quantitative estimate of drug-likeness (QED) is 0.872. The molecule has 1 aromatic heterocycles. The van der Waals surface area contributed by atoms with E-state index < -0.39 is 12.1 Å². The van der Waals surface area contributed by atoms with E-state index in [0.717, 1.165) is 4.90 Å². The highest BCUT2D eigenvalue weighted by Gasteiger charge is 2.39. The van der Waals surface area contributed by atoms with Gasteiger partial charge in [0, 0.05) is 5.56 Å². The van der Waals surface area contributed by atoms with Gasteiger partial charge in [0.2, 0.25) is 0 Å². The monoisotopic (exact) mass is 286 g/mol. The molecule has 1 unspecified atom stereocenters. The second-order valence-electron chi connectivity index (χ2n) is 4.58. The maximum absolute atomic E-state index is 12.1. The van der Waals surface area contributed by atoms with E-state index in [2.05, 4.69) is 5.32 Å². The van der Waals surface area contributed by atoms with E-state index in [9.17, 15) is 9.59 Å². The van der Waals surface area contributed by atoms with Crippen molar-refractivity contribution in [2.24, 2.45) is 0 Å². The fraction of sp³-hybridized carbons (Fsp3) is 0.200. The summed E-state index contributed by atoms with van der Waals surface area (Å²) in [6, 6.07) is 9.61. The minimum atomic E-state index is -0.647. The number of nitrogens with zero attached hydrogens (tertiary/aromatic N) is 1. The zero-order chi connectivity index (χ0) is 14.8. The highest BCUT2D eigenvalue weighted by atomic mass is 16.5. The lowest BCUT2D eigenvalue weighted by atomic mass is 10.0. The van der Waals surface area contributed by atoms with Gasteiger partial charge in [-0.05, 0) is 18.2 Å². The Kier molecular flexibility index (Phi) is 3.35.